The number of hydrogen-bond donors (Lipinski definition) is 1. The lowest BCUT2D eigenvalue weighted by molar-refractivity contribution is 0.00446. The molecule has 25 heavy (non-hydrogen) atoms. The molecular formula is C20H31N3O2. The van der Waals surface area contributed by atoms with Crippen molar-refractivity contribution >= 4 is 6.03 Å². The summed E-state index contributed by atoms with van der Waals surface area (Å²) in [5, 5.41) is 3.09. The van der Waals surface area contributed by atoms with Crippen molar-refractivity contribution in [3.05, 3.63) is 35.9 Å². The molecule has 2 amide bonds. The van der Waals surface area contributed by atoms with Crippen molar-refractivity contribution in [3.8, 4) is 0 Å². The Morgan fingerprint density at radius 3 is 2.60 bits per heavy atom. The smallest absolute Gasteiger partial charge is 0.317 e. The van der Waals surface area contributed by atoms with Crippen LogP contribution in [0.4, 0.5) is 4.79 Å². The van der Waals surface area contributed by atoms with Crippen molar-refractivity contribution in [2.45, 2.75) is 50.9 Å². The Bertz CT molecular complexity index is 529. The highest BCUT2D eigenvalue weighted by molar-refractivity contribution is 5.74. The van der Waals surface area contributed by atoms with Crippen LogP contribution in [0.5, 0.6) is 0 Å². The molecule has 3 rings (SSSR count). The van der Waals surface area contributed by atoms with E-state index in [2.05, 4.69) is 29.4 Å². The van der Waals surface area contributed by atoms with Crippen LogP contribution >= 0.6 is 0 Å². The summed E-state index contributed by atoms with van der Waals surface area (Å²) in [5.74, 6) is 0. The maximum absolute atomic E-state index is 12.3. The fraction of sp³-hybridized carbons (Fsp3) is 0.650. The summed E-state index contributed by atoms with van der Waals surface area (Å²) in [6, 6.07) is 11.0. The second kappa shape index (κ2) is 9.20. The first-order valence-electron chi connectivity index (χ1n) is 9.61. The highest BCUT2D eigenvalue weighted by atomic mass is 16.5. The van der Waals surface area contributed by atoms with E-state index in [0.717, 1.165) is 38.9 Å². The molecule has 0 unspecified atom stereocenters. The molecule has 0 saturated carbocycles. The van der Waals surface area contributed by atoms with Crippen LogP contribution in [0.15, 0.2) is 30.3 Å². The molecule has 1 N–H and O–H groups in total. The summed E-state index contributed by atoms with van der Waals surface area (Å²) in [6.45, 7) is 4.20. The number of rotatable bonds is 6. The molecule has 0 spiro atoms. The molecule has 0 radical (unpaired) electrons. The molecular weight excluding hydrogens is 314 g/mol. The molecule has 1 atom stereocenters. The third-order valence-corrected chi connectivity index (χ3v) is 5.48. The Labute approximate surface area is 151 Å². The number of nitrogens with zero attached hydrogens (tertiary/aromatic N) is 2. The number of hydrogen-bond acceptors (Lipinski definition) is 3. The average Bonchev–Trinajstić information content (AvgIpc) is 3.06. The van der Waals surface area contributed by atoms with Crippen molar-refractivity contribution in [2.75, 3.05) is 33.2 Å². The lowest BCUT2D eigenvalue weighted by atomic mass is 10.1. The standard InChI is InChI=1S/C20H31N3O2/c1-22-13-5-8-18(22)9-12-21-20(24)23-14-10-19(11-15-23)25-16-17-6-3-2-4-7-17/h2-4,6-7,18-19H,5,8-16H2,1H3,(H,21,24)/t18-/m0/s1. The summed E-state index contributed by atoms with van der Waals surface area (Å²) in [5.41, 5.74) is 1.21. The minimum absolute atomic E-state index is 0.0853. The predicted octanol–water partition coefficient (Wildman–Crippen LogP) is 2.86. The first-order chi connectivity index (χ1) is 12.2. The third kappa shape index (κ3) is 5.44. The van der Waals surface area contributed by atoms with Gasteiger partial charge in [0, 0.05) is 25.7 Å². The molecule has 2 fully saturated rings. The number of piperidine rings is 1. The van der Waals surface area contributed by atoms with Gasteiger partial charge >= 0.3 is 6.03 Å². The number of amides is 2. The van der Waals surface area contributed by atoms with Gasteiger partial charge in [-0.25, -0.2) is 4.79 Å². The number of likely N-dealkylation sites (tertiary alicyclic amines) is 2. The van der Waals surface area contributed by atoms with Crippen LogP contribution in [0.2, 0.25) is 0 Å². The summed E-state index contributed by atoms with van der Waals surface area (Å²) in [7, 11) is 2.18. The van der Waals surface area contributed by atoms with Gasteiger partial charge in [0.15, 0.2) is 0 Å². The summed E-state index contributed by atoms with van der Waals surface area (Å²) in [4.78, 5) is 16.6. The van der Waals surface area contributed by atoms with Crippen LogP contribution in [0, 0.1) is 0 Å². The first-order valence-corrected chi connectivity index (χ1v) is 9.61. The third-order valence-electron chi connectivity index (χ3n) is 5.48. The predicted molar refractivity (Wildman–Crippen MR) is 99.5 cm³/mol. The molecule has 2 aliphatic heterocycles. The van der Waals surface area contributed by atoms with Crippen molar-refractivity contribution in [2.24, 2.45) is 0 Å². The average molecular weight is 345 g/mol. The number of ether oxygens (including phenoxy) is 1. The molecule has 138 valence electrons. The van der Waals surface area contributed by atoms with Crippen molar-refractivity contribution in [1.82, 2.24) is 15.1 Å². The van der Waals surface area contributed by atoms with Crippen LogP contribution in [0.3, 0.4) is 0 Å². The molecule has 5 heteroatoms. The maximum atomic E-state index is 12.3. The first kappa shape index (κ1) is 18.2. The highest BCUT2D eigenvalue weighted by Crippen LogP contribution is 2.18. The van der Waals surface area contributed by atoms with E-state index < -0.39 is 0 Å². The fourth-order valence-corrected chi connectivity index (χ4v) is 3.82. The fourth-order valence-electron chi connectivity index (χ4n) is 3.82. The van der Waals surface area contributed by atoms with Gasteiger partial charge in [0.2, 0.25) is 0 Å². The van der Waals surface area contributed by atoms with Crippen LogP contribution in [-0.2, 0) is 11.3 Å². The Balaban J connectivity index is 1.30. The van der Waals surface area contributed by atoms with Gasteiger partial charge in [0.05, 0.1) is 12.7 Å². The van der Waals surface area contributed by atoms with Crippen LogP contribution in [-0.4, -0.2) is 61.2 Å². The van der Waals surface area contributed by atoms with Crippen molar-refractivity contribution in [3.63, 3.8) is 0 Å². The Morgan fingerprint density at radius 1 is 1.16 bits per heavy atom. The van der Waals surface area contributed by atoms with E-state index in [1.54, 1.807) is 0 Å². The molecule has 0 aliphatic carbocycles. The molecule has 0 aromatic heterocycles. The number of carbonyl (C=O) groups is 1. The summed E-state index contributed by atoms with van der Waals surface area (Å²) < 4.78 is 5.99. The second-order valence-electron chi connectivity index (χ2n) is 7.28. The normalized spacial score (nSPS) is 22.3. The van der Waals surface area contributed by atoms with E-state index >= 15 is 0 Å². The highest BCUT2D eigenvalue weighted by Gasteiger charge is 2.24. The topological polar surface area (TPSA) is 44.8 Å². The summed E-state index contributed by atoms with van der Waals surface area (Å²) in [6.07, 6.45) is 5.70. The molecule has 5 nitrogen and oxygen atoms in total. The van der Waals surface area contributed by atoms with E-state index in [9.17, 15) is 4.79 Å². The molecule has 2 aliphatic rings. The second-order valence-corrected chi connectivity index (χ2v) is 7.28. The Hall–Kier alpha value is -1.59. The van der Waals surface area contributed by atoms with Gasteiger partial charge in [0.25, 0.3) is 0 Å². The Morgan fingerprint density at radius 2 is 1.92 bits per heavy atom. The zero-order valence-electron chi connectivity index (χ0n) is 15.3. The monoisotopic (exact) mass is 345 g/mol. The number of nitrogens with one attached hydrogen (secondary N) is 1. The molecule has 0 bridgehead atoms. The van der Waals surface area contributed by atoms with E-state index in [1.165, 1.54) is 24.9 Å². The van der Waals surface area contributed by atoms with E-state index in [0.29, 0.717) is 12.6 Å². The number of urea groups is 1. The lowest BCUT2D eigenvalue weighted by Crippen LogP contribution is -2.46. The zero-order chi connectivity index (χ0) is 17.5. The Kier molecular flexibility index (Phi) is 6.70. The van der Waals surface area contributed by atoms with Crippen molar-refractivity contribution in [1.29, 1.82) is 0 Å². The van der Waals surface area contributed by atoms with Gasteiger partial charge in [-0.1, -0.05) is 30.3 Å². The lowest BCUT2D eigenvalue weighted by Gasteiger charge is -2.32. The zero-order valence-corrected chi connectivity index (χ0v) is 15.3. The van der Waals surface area contributed by atoms with E-state index in [-0.39, 0.29) is 12.1 Å². The molecule has 1 aromatic rings. The maximum Gasteiger partial charge on any atom is 0.317 e. The molecule has 2 heterocycles. The molecule has 1 aromatic carbocycles. The summed E-state index contributed by atoms with van der Waals surface area (Å²) >= 11 is 0. The van der Waals surface area contributed by atoms with Gasteiger partial charge in [0.1, 0.15) is 0 Å². The van der Waals surface area contributed by atoms with Gasteiger partial charge in [-0.3, -0.25) is 0 Å². The van der Waals surface area contributed by atoms with Crippen LogP contribution < -0.4 is 5.32 Å². The van der Waals surface area contributed by atoms with Crippen molar-refractivity contribution < 1.29 is 9.53 Å². The van der Waals surface area contributed by atoms with E-state index in [1.807, 2.05) is 23.1 Å². The number of carbonyl (C=O) groups excluding carboxylic acids is 1. The van der Waals surface area contributed by atoms with Gasteiger partial charge in [-0.15, -0.1) is 0 Å². The van der Waals surface area contributed by atoms with Gasteiger partial charge in [-0.2, -0.15) is 0 Å². The van der Waals surface area contributed by atoms with Gasteiger partial charge in [-0.05, 0) is 51.3 Å². The quantitative estimate of drug-likeness (QED) is 0.862. The van der Waals surface area contributed by atoms with Crippen LogP contribution in [0.25, 0.3) is 0 Å². The van der Waals surface area contributed by atoms with E-state index in [4.69, 9.17) is 4.74 Å². The minimum atomic E-state index is 0.0853. The number of benzene rings is 1. The van der Waals surface area contributed by atoms with Gasteiger partial charge < -0.3 is 19.9 Å². The minimum Gasteiger partial charge on any atom is -0.373 e. The van der Waals surface area contributed by atoms with Crippen LogP contribution in [0.1, 0.15) is 37.7 Å². The SMILES string of the molecule is CN1CCC[C@H]1CCNC(=O)N1CCC(OCc2ccccc2)CC1. The molecule has 2 saturated heterocycles. The largest absolute Gasteiger partial charge is 0.373 e.